The van der Waals surface area contributed by atoms with Gasteiger partial charge in [0.1, 0.15) is 5.82 Å². The first-order chi connectivity index (χ1) is 9.86. The van der Waals surface area contributed by atoms with Crippen LogP contribution >= 0.6 is 0 Å². The molecule has 1 N–H and O–H groups in total. The van der Waals surface area contributed by atoms with Crippen LogP contribution in [0.3, 0.4) is 0 Å². The molecule has 0 radical (unpaired) electrons. The highest BCUT2D eigenvalue weighted by atomic mass is 15.3. The van der Waals surface area contributed by atoms with Crippen LogP contribution in [-0.2, 0) is 6.54 Å². The molecule has 2 aliphatic heterocycles. The van der Waals surface area contributed by atoms with Crippen molar-refractivity contribution in [2.75, 3.05) is 37.6 Å². The van der Waals surface area contributed by atoms with Gasteiger partial charge in [-0.05, 0) is 50.0 Å². The molecule has 1 unspecified atom stereocenters. The zero-order valence-electron chi connectivity index (χ0n) is 12.5. The molecule has 1 aromatic rings. The molecule has 1 atom stereocenters. The van der Waals surface area contributed by atoms with Crippen molar-refractivity contribution < 1.29 is 0 Å². The van der Waals surface area contributed by atoms with Gasteiger partial charge in [0, 0.05) is 38.4 Å². The molecule has 0 saturated carbocycles. The molecule has 0 spiro atoms. The molecular weight excluding hydrogens is 248 g/mol. The number of nitrogens with zero attached hydrogens (tertiary/aromatic N) is 3. The second-order valence-electron chi connectivity index (χ2n) is 5.98. The maximum atomic E-state index is 4.59. The second-order valence-corrected chi connectivity index (χ2v) is 5.98. The van der Waals surface area contributed by atoms with E-state index in [9.17, 15) is 0 Å². The molecule has 4 nitrogen and oxygen atoms in total. The van der Waals surface area contributed by atoms with Crippen LogP contribution in [0.1, 0.15) is 31.7 Å². The fourth-order valence-corrected chi connectivity index (χ4v) is 3.35. The van der Waals surface area contributed by atoms with Gasteiger partial charge in [-0.1, -0.05) is 6.92 Å². The highest BCUT2D eigenvalue weighted by molar-refractivity contribution is 5.42. The lowest BCUT2D eigenvalue weighted by atomic mass is 10.1. The van der Waals surface area contributed by atoms with E-state index in [-0.39, 0.29) is 0 Å². The molecule has 3 heterocycles. The lowest BCUT2D eigenvalue weighted by Crippen LogP contribution is -2.50. The summed E-state index contributed by atoms with van der Waals surface area (Å²) in [6.07, 6.45) is 5.86. The van der Waals surface area contributed by atoms with E-state index in [2.05, 4.69) is 39.2 Å². The fourth-order valence-electron chi connectivity index (χ4n) is 3.35. The third-order valence-corrected chi connectivity index (χ3v) is 4.48. The first-order valence-electron chi connectivity index (χ1n) is 8.01. The van der Waals surface area contributed by atoms with Crippen molar-refractivity contribution in [2.45, 2.75) is 38.8 Å². The van der Waals surface area contributed by atoms with Crippen LogP contribution in [-0.4, -0.2) is 48.6 Å². The van der Waals surface area contributed by atoms with Gasteiger partial charge in [-0.25, -0.2) is 4.98 Å². The minimum absolute atomic E-state index is 0.757. The smallest absolute Gasteiger partial charge is 0.128 e. The fraction of sp³-hybridized carbons (Fsp3) is 0.688. The number of fused-ring (bicyclic) bond motifs is 1. The Labute approximate surface area is 122 Å². The molecule has 4 heteroatoms. The van der Waals surface area contributed by atoms with Crippen molar-refractivity contribution in [1.82, 2.24) is 15.2 Å². The summed E-state index contributed by atoms with van der Waals surface area (Å²) in [4.78, 5) is 9.70. The number of aromatic nitrogens is 1. The van der Waals surface area contributed by atoms with Crippen LogP contribution in [0.25, 0.3) is 0 Å². The molecule has 2 fully saturated rings. The summed E-state index contributed by atoms with van der Waals surface area (Å²) in [6, 6.07) is 5.14. The Morgan fingerprint density at radius 2 is 2.30 bits per heavy atom. The summed E-state index contributed by atoms with van der Waals surface area (Å²) in [5.74, 6) is 1.16. The normalized spacial score (nSPS) is 23.1. The summed E-state index contributed by atoms with van der Waals surface area (Å²) in [5, 5.41) is 3.46. The van der Waals surface area contributed by atoms with Gasteiger partial charge >= 0.3 is 0 Å². The van der Waals surface area contributed by atoms with Gasteiger partial charge in [-0.15, -0.1) is 0 Å². The van der Waals surface area contributed by atoms with E-state index in [1.54, 1.807) is 0 Å². The minimum atomic E-state index is 0.757. The Bertz CT molecular complexity index is 434. The molecule has 0 bridgehead atoms. The van der Waals surface area contributed by atoms with Gasteiger partial charge in [0.25, 0.3) is 0 Å². The average molecular weight is 274 g/mol. The SMILES string of the molecule is CCCNCc1ccnc(N2CCN3CCCC3C2)c1. The van der Waals surface area contributed by atoms with Crippen LogP contribution < -0.4 is 10.2 Å². The Balaban J connectivity index is 1.63. The molecule has 1 aromatic heterocycles. The number of nitrogens with one attached hydrogen (secondary N) is 1. The molecule has 0 amide bonds. The third kappa shape index (κ3) is 3.13. The molecule has 2 saturated heterocycles. The van der Waals surface area contributed by atoms with Crippen molar-refractivity contribution in [3.8, 4) is 0 Å². The number of pyridine rings is 1. The van der Waals surface area contributed by atoms with Gasteiger partial charge in [0.2, 0.25) is 0 Å². The lowest BCUT2D eigenvalue weighted by Gasteiger charge is -2.38. The third-order valence-electron chi connectivity index (χ3n) is 4.48. The van der Waals surface area contributed by atoms with Crippen molar-refractivity contribution in [3.63, 3.8) is 0 Å². The van der Waals surface area contributed by atoms with E-state index in [0.29, 0.717) is 0 Å². The Morgan fingerprint density at radius 3 is 3.20 bits per heavy atom. The molecule has 20 heavy (non-hydrogen) atoms. The van der Waals surface area contributed by atoms with E-state index in [0.717, 1.165) is 38.0 Å². The maximum Gasteiger partial charge on any atom is 0.128 e. The Morgan fingerprint density at radius 1 is 1.35 bits per heavy atom. The van der Waals surface area contributed by atoms with E-state index in [1.165, 1.54) is 37.9 Å². The summed E-state index contributed by atoms with van der Waals surface area (Å²) in [6.45, 7) is 9.00. The van der Waals surface area contributed by atoms with Gasteiger partial charge in [-0.2, -0.15) is 0 Å². The van der Waals surface area contributed by atoms with Gasteiger partial charge in [0.05, 0.1) is 0 Å². The highest BCUT2D eigenvalue weighted by Gasteiger charge is 2.30. The number of piperazine rings is 1. The Kier molecular flexibility index (Phi) is 4.53. The number of anilines is 1. The average Bonchev–Trinajstić information content (AvgIpc) is 2.95. The van der Waals surface area contributed by atoms with Crippen molar-refractivity contribution >= 4 is 5.82 Å². The predicted octanol–water partition coefficient (Wildman–Crippen LogP) is 1.87. The van der Waals surface area contributed by atoms with Crippen LogP contribution in [0.15, 0.2) is 18.3 Å². The van der Waals surface area contributed by atoms with Crippen LogP contribution in [0.4, 0.5) is 5.82 Å². The molecule has 3 rings (SSSR count). The summed E-state index contributed by atoms with van der Waals surface area (Å²) < 4.78 is 0. The molecule has 2 aliphatic rings. The zero-order valence-corrected chi connectivity index (χ0v) is 12.5. The van der Waals surface area contributed by atoms with Crippen molar-refractivity contribution in [3.05, 3.63) is 23.9 Å². The summed E-state index contributed by atoms with van der Waals surface area (Å²) >= 11 is 0. The zero-order chi connectivity index (χ0) is 13.8. The van der Waals surface area contributed by atoms with Gasteiger partial charge in [-0.3, -0.25) is 4.90 Å². The van der Waals surface area contributed by atoms with Crippen LogP contribution in [0, 0.1) is 0 Å². The second kappa shape index (κ2) is 6.55. The number of hydrogen-bond acceptors (Lipinski definition) is 4. The van der Waals surface area contributed by atoms with Crippen molar-refractivity contribution in [2.24, 2.45) is 0 Å². The van der Waals surface area contributed by atoms with E-state index < -0.39 is 0 Å². The lowest BCUT2D eigenvalue weighted by molar-refractivity contribution is 0.230. The number of rotatable bonds is 5. The number of hydrogen-bond donors (Lipinski definition) is 1. The van der Waals surface area contributed by atoms with Gasteiger partial charge < -0.3 is 10.2 Å². The van der Waals surface area contributed by atoms with E-state index in [4.69, 9.17) is 0 Å². The quantitative estimate of drug-likeness (QED) is 0.831. The molecule has 0 aromatic carbocycles. The van der Waals surface area contributed by atoms with Gasteiger partial charge in [0.15, 0.2) is 0 Å². The minimum Gasteiger partial charge on any atom is -0.354 e. The largest absolute Gasteiger partial charge is 0.354 e. The summed E-state index contributed by atoms with van der Waals surface area (Å²) in [7, 11) is 0. The maximum absolute atomic E-state index is 4.59. The predicted molar refractivity (Wildman–Crippen MR) is 83.0 cm³/mol. The summed E-state index contributed by atoms with van der Waals surface area (Å²) in [5.41, 5.74) is 1.34. The molecule has 0 aliphatic carbocycles. The van der Waals surface area contributed by atoms with Crippen molar-refractivity contribution in [1.29, 1.82) is 0 Å². The topological polar surface area (TPSA) is 31.4 Å². The van der Waals surface area contributed by atoms with E-state index >= 15 is 0 Å². The van der Waals surface area contributed by atoms with E-state index in [1.807, 2.05) is 6.20 Å². The standard InChI is InChI=1S/C16H26N4/c1-2-6-17-12-14-5-7-18-16(11-14)20-10-9-19-8-3-4-15(19)13-20/h5,7,11,15,17H,2-4,6,8-10,12-13H2,1H3. The van der Waals surface area contributed by atoms with Crippen LogP contribution in [0.5, 0.6) is 0 Å². The highest BCUT2D eigenvalue weighted by Crippen LogP contribution is 2.24. The molecular formula is C16H26N4. The van der Waals surface area contributed by atoms with Crippen LogP contribution in [0.2, 0.25) is 0 Å². The molecule has 110 valence electrons. The monoisotopic (exact) mass is 274 g/mol. The first kappa shape index (κ1) is 13.8. The Hall–Kier alpha value is -1.13. The first-order valence-corrected chi connectivity index (χ1v) is 8.01.